The van der Waals surface area contributed by atoms with Crippen LogP contribution >= 0.6 is 11.6 Å². The van der Waals surface area contributed by atoms with Gasteiger partial charge < -0.3 is 10.4 Å². The minimum atomic E-state index is -0.249. The zero-order valence-corrected chi connectivity index (χ0v) is 13.9. The lowest BCUT2D eigenvalue weighted by Gasteiger charge is -2.37. The number of nitrogens with one attached hydrogen (secondary N) is 1. The summed E-state index contributed by atoms with van der Waals surface area (Å²) in [7, 11) is 0. The molecule has 2 rings (SSSR count). The van der Waals surface area contributed by atoms with Crippen LogP contribution in [0.15, 0.2) is 18.2 Å². The Morgan fingerprint density at radius 3 is 2.70 bits per heavy atom. The molecule has 1 atom stereocenters. The van der Waals surface area contributed by atoms with Crippen LogP contribution in [0.5, 0.6) is 0 Å². The number of hydrogen-bond donors (Lipinski definition) is 2. The Kier molecular flexibility index (Phi) is 6.37. The van der Waals surface area contributed by atoms with E-state index in [4.69, 9.17) is 22.0 Å². The Labute approximate surface area is 141 Å². The van der Waals surface area contributed by atoms with Crippen LogP contribution in [-0.4, -0.2) is 66.2 Å². The fourth-order valence-corrected chi connectivity index (χ4v) is 2.83. The normalized spacial score (nSPS) is 17.5. The molecular formula is C16H21ClN4O2. The molecular weight excluding hydrogens is 316 g/mol. The molecule has 2 N–H and O–H groups in total. The van der Waals surface area contributed by atoms with Crippen molar-refractivity contribution in [2.75, 3.05) is 44.6 Å². The summed E-state index contributed by atoms with van der Waals surface area (Å²) in [5.74, 6) is -0.0959. The highest BCUT2D eigenvalue weighted by Crippen LogP contribution is 2.20. The van der Waals surface area contributed by atoms with Crippen molar-refractivity contribution < 1.29 is 9.90 Å². The molecule has 0 aromatic heterocycles. The molecule has 1 saturated heterocycles. The van der Waals surface area contributed by atoms with Crippen LogP contribution in [0, 0.1) is 11.3 Å². The summed E-state index contributed by atoms with van der Waals surface area (Å²) in [5, 5.41) is 21.0. The number of aliphatic hydroxyl groups is 1. The van der Waals surface area contributed by atoms with Gasteiger partial charge in [0.15, 0.2) is 0 Å². The first-order chi connectivity index (χ1) is 11.0. The van der Waals surface area contributed by atoms with E-state index in [-0.39, 0.29) is 18.6 Å². The molecule has 1 unspecified atom stereocenters. The number of nitriles is 1. The number of piperazine rings is 1. The van der Waals surface area contributed by atoms with Crippen LogP contribution < -0.4 is 5.32 Å². The monoisotopic (exact) mass is 336 g/mol. The lowest BCUT2D eigenvalue weighted by atomic mass is 10.2. The van der Waals surface area contributed by atoms with Crippen LogP contribution in [0.4, 0.5) is 5.69 Å². The van der Waals surface area contributed by atoms with Crippen molar-refractivity contribution in [1.82, 2.24) is 9.80 Å². The molecule has 6 nitrogen and oxygen atoms in total. The molecule has 0 spiro atoms. The molecule has 1 aromatic carbocycles. The Morgan fingerprint density at radius 1 is 1.43 bits per heavy atom. The lowest BCUT2D eigenvalue weighted by Crippen LogP contribution is -2.53. The molecule has 1 amide bonds. The van der Waals surface area contributed by atoms with Gasteiger partial charge in [-0.05, 0) is 25.1 Å². The quantitative estimate of drug-likeness (QED) is 0.843. The molecule has 124 valence electrons. The number of aliphatic hydroxyl groups excluding tert-OH is 1. The van der Waals surface area contributed by atoms with Crippen LogP contribution in [0.1, 0.15) is 12.5 Å². The highest BCUT2D eigenvalue weighted by Gasteiger charge is 2.25. The van der Waals surface area contributed by atoms with Crippen molar-refractivity contribution in [1.29, 1.82) is 5.26 Å². The van der Waals surface area contributed by atoms with E-state index in [0.717, 1.165) is 26.2 Å². The third kappa shape index (κ3) is 4.66. The first kappa shape index (κ1) is 17.7. The maximum atomic E-state index is 12.4. The Bertz CT molecular complexity index is 594. The summed E-state index contributed by atoms with van der Waals surface area (Å²) in [5.41, 5.74) is 0.975. The second-order valence-corrected chi connectivity index (χ2v) is 5.98. The molecule has 7 heteroatoms. The molecule has 1 fully saturated rings. The van der Waals surface area contributed by atoms with Gasteiger partial charge in [-0.1, -0.05) is 11.6 Å². The minimum Gasteiger partial charge on any atom is -0.395 e. The molecule has 1 aliphatic heterocycles. The molecule has 1 heterocycles. The van der Waals surface area contributed by atoms with E-state index in [1.165, 1.54) is 0 Å². The van der Waals surface area contributed by atoms with Gasteiger partial charge in [0, 0.05) is 38.4 Å². The van der Waals surface area contributed by atoms with Crippen LogP contribution in [0.2, 0.25) is 5.02 Å². The van der Waals surface area contributed by atoms with E-state index in [2.05, 4.69) is 15.1 Å². The standard InChI is InChI=1S/C16H21ClN4O2/c1-12(21-6-4-20(5-7-21)8-9-22)16(23)19-14-3-2-13(11-18)15(17)10-14/h2-3,10,12,22H,4-9H2,1H3,(H,19,23). The fraction of sp³-hybridized carbons (Fsp3) is 0.500. The van der Waals surface area contributed by atoms with E-state index in [1.54, 1.807) is 18.2 Å². The van der Waals surface area contributed by atoms with Crippen molar-refractivity contribution in [2.24, 2.45) is 0 Å². The maximum Gasteiger partial charge on any atom is 0.241 e. The predicted molar refractivity (Wildman–Crippen MR) is 89.4 cm³/mol. The number of β-amino-alcohol motifs (C(OH)–C–C–N with tert-alkyl or cyclic N) is 1. The third-order valence-corrected chi connectivity index (χ3v) is 4.42. The Hall–Kier alpha value is -1.65. The minimum absolute atomic E-state index is 0.0959. The number of amides is 1. The summed E-state index contributed by atoms with van der Waals surface area (Å²) in [6.45, 7) is 6.00. The second kappa shape index (κ2) is 8.27. The Balaban J connectivity index is 1.91. The number of nitrogens with zero attached hydrogens (tertiary/aromatic N) is 3. The predicted octanol–water partition coefficient (Wildman–Crippen LogP) is 1.15. The van der Waals surface area contributed by atoms with Gasteiger partial charge >= 0.3 is 0 Å². The largest absolute Gasteiger partial charge is 0.395 e. The number of carbonyl (C=O) groups excluding carboxylic acids is 1. The van der Waals surface area contributed by atoms with E-state index >= 15 is 0 Å². The van der Waals surface area contributed by atoms with Crippen LogP contribution in [0.3, 0.4) is 0 Å². The van der Waals surface area contributed by atoms with Crippen molar-refractivity contribution in [3.05, 3.63) is 28.8 Å². The number of rotatable bonds is 5. The number of benzene rings is 1. The van der Waals surface area contributed by atoms with Gasteiger partial charge in [0.25, 0.3) is 0 Å². The summed E-state index contributed by atoms with van der Waals surface area (Å²) in [6.07, 6.45) is 0. The molecule has 0 radical (unpaired) electrons. The third-order valence-electron chi connectivity index (χ3n) is 4.11. The molecule has 0 bridgehead atoms. The molecule has 1 aliphatic rings. The summed E-state index contributed by atoms with van der Waals surface area (Å²) < 4.78 is 0. The van der Waals surface area contributed by atoms with E-state index < -0.39 is 0 Å². The highest BCUT2D eigenvalue weighted by atomic mass is 35.5. The molecule has 23 heavy (non-hydrogen) atoms. The van der Waals surface area contributed by atoms with Gasteiger partial charge in [-0.2, -0.15) is 5.26 Å². The Morgan fingerprint density at radius 2 is 2.13 bits per heavy atom. The van der Waals surface area contributed by atoms with E-state index in [9.17, 15) is 4.79 Å². The maximum absolute atomic E-state index is 12.4. The van der Waals surface area contributed by atoms with Crippen molar-refractivity contribution in [3.8, 4) is 6.07 Å². The van der Waals surface area contributed by atoms with Gasteiger partial charge in [0.1, 0.15) is 6.07 Å². The molecule has 0 saturated carbocycles. The van der Waals surface area contributed by atoms with Gasteiger partial charge in [0.2, 0.25) is 5.91 Å². The zero-order valence-electron chi connectivity index (χ0n) is 13.1. The van der Waals surface area contributed by atoms with Crippen molar-refractivity contribution >= 4 is 23.2 Å². The summed E-state index contributed by atoms with van der Waals surface area (Å²) in [4.78, 5) is 16.7. The summed E-state index contributed by atoms with van der Waals surface area (Å²) >= 11 is 5.98. The van der Waals surface area contributed by atoms with Gasteiger partial charge in [-0.25, -0.2) is 0 Å². The molecule has 0 aliphatic carbocycles. The SMILES string of the molecule is CC(C(=O)Nc1ccc(C#N)c(Cl)c1)N1CCN(CCO)CC1. The number of anilines is 1. The molecule has 1 aromatic rings. The summed E-state index contributed by atoms with van der Waals surface area (Å²) in [6, 6.07) is 6.60. The van der Waals surface area contributed by atoms with Gasteiger partial charge in [0.05, 0.1) is 23.2 Å². The van der Waals surface area contributed by atoms with Crippen LogP contribution in [-0.2, 0) is 4.79 Å². The van der Waals surface area contributed by atoms with Crippen molar-refractivity contribution in [3.63, 3.8) is 0 Å². The number of hydrogen-bond acceptors (Lipinski definition) is 5. The van der Waals surface area contributed by atoms with Crippen LogP contribution in [0.25, 0.3) is 0 Å². The highest BCUT2D eigenvalue weighted by molar-refractivity contribution is 6.32. The van der Waals surface area contributed by atoms with E-state index in [0.29, 0.717) is 22.8 Å². The van der Waals surface area contributed by atoms with Gasteiger partial charge in [-0.3, -0.25) is 14.6 Å². The van der Waals surface area contributed by atoms with Crippen molar-refractivity contribution in [2.45, 2.75) is 13.0 Å². The first-order valence-electron chi connectivity index (χ1n) is 7.63. The number of carbonyl (C=O) groups is 1. The topological polar surface area (TPSA) is 79.6 Å². The van der Waals surface area contributed by atoms with E-state index in [1.807, 2.05) is 13.0 Å². The average molecular weight is 337 g/mol. The average Bonchev–Trinajstić information content (AvgIpc) is 2.55. The first-order valence-corrected chi connectivity index (χ1v) is 8.00. The number of halogens is 1. The fourth-order valence-electron chi connectivity index (χ4n) is 2.61. The van der Waals surface area contributed by atoms with Gasteiger partial charge in [-0.15, -0.1) is 0 Å². The lowest BCUT2D eigenvalue weighted by molar-refractivity contribution is -0.121. The smallest absolute Gasteiger partial charge is 0.241 e. The second-order valence-electron chi connectivity index (χ2n) is 5.57. The zero-order chi connectivity index (χ0) is 16.8.